The van der Waals surface area contributed by atoms with Gasteiger partial charge >= 0.3 is 0 Å². The number of aromatic nitrogens is 2. The second-order valence-corrected chi connectivity index (χ2v) is 9.08. The first kappa shape index (κ1) is 22.1. The summed E-state index contributed by atoms with van der Waals surface area (Å²) in [4.78, 5) is 39.9. The summed E-state index contributed by atoms with van der Waals surface area (Å²) in [5.41, 5.74) is 1.96. The largest absolute Gasteiger partial charge is 0.343 e. The van der Waals surface area contributed by atoms with Crippen LogP contribution in [0.1, 0.15) is 36.3 Å². The molecule has 0 saturated carbocycles. The molecule has 0 bridgehead atoms. The second kappa shape index (κ2) is 9.61. The zero-order valence-electron chi connectivity index (χ0n) is 18.5. The summed E-state index contributed by atoms with van der Waals surface area (Å²) in [7, 11) is 0. The molecule has 1 aliphatic rings. The van der Waals surface area contributed by atoms with Crippen molar-refractivity contribution in [1.29, 1.82) is 0 Å². The molecule has 0 unspecified atom stereocenters. The molecule has 0 radical (unpaired) electrons. The van der Waals surface area contributed by atoms with Crippen molar-refractivity contribution in [3.8, 4) is 10.4 Å². The zero-order chi connectivity index (χ0) is 22.6. The highest BCUT2D eigenvalue weighted by atomic mass is 32.1. The molecule has 1 aromatic carbocycles. The molecule has 1 fully saturated rings. The molecule has 2 amide bonds. The van der Waals surface area contributed by atoms with Crippen LogP contribution in [0.4, 0.5) is 0 Å². The Kier molecular flexibility index (Phi) is 6.65. The third kappa shape index (κ3) is 4.30. The summed E-state index contributed by atoms with van der Waals surface area (Å²) in [5.74, 6) is -0.0446. The minimum Gasteiger partial charge on any atom is -0.343 e. The predicted octanol–water partition coefficient (Wildman–Crippen LogP) is 4.15. The highest BCUT2D eigenvalue weighted by Crippen LogP contribution is 2.40. The number of benzene rings is 1. The van der Waals surface area contributed by atoms with E-state index in [0.717, 1.165) is 11.1 Å². The monoisotopic (exact) mass is 448 g/mol. The van der Waals surface area contributed by atoms with Gasteiger partial charge in [0.2, 0.25) is 5.91 Å². The fraction of sp³-hybridized carbons (Fsp3) is 0.360. The summed E-state index contributed by atoms with van der Waals surface area (Å²) in [6.07, 6.45) is 5.79. The molecule has 1 saturated heterocycles. The topological polar surface area (TPSA) is 66.4 Å². The Bertz CT molecular complexity index is 1070. The average Bonchev–Trinajstić information content (AvgIpc) is 3.52. The molecule has 3 aromatic rings. The van der Waals surface area contributed by atoms with E-state index in [4.69, 9.17) is 0 Å². The number of carbonyl (C=O) groups excluding carboxylic acids is 2. The number of carbonyl (C=O) groups is 2. The SMILES string of the molecule is CCN(CC)C(=O)[C@@]1(Cc2ccccc2-c2cccs2)CCN(C(=O)c2cnccn2)C1. The Balaban J connectivity index is 1.68. The maximum absolute atomic E-state index is 13.8. The van der Waals surface area contributed by atoms with E-state index in [9.17, 15) is 9.59 Å². The highest BCUT2D eigenvalue weighted by Gasteiger charge is 2.48. The predicted molar refractivity (Wildman–Crippen MR) is 126 cm³/mol. The summed E-state index contributed by atoms with van der Waals surface area (Å²) in [6, 6.07) is 12.5. The third-order valence-electron chi connectivity index (χ3n) is 6.26. The van der Waals surface area contributed by atoms with E-state index < -0.39 is 5.41 Å². The molecule has 32 heavy (non-hydrogen) atoms. The average molecular weight is 449 g/mol. The molecule has 1 atom stereocenters. The van der Waals surface area contributed by atoms with Crippen molar-refractivity contribution in [2.45, 2.75) is 26.7 Å². The smallest absolute Gasteiger partial charge is 0.274 e. The maximum atomic E-state index is 13.8. The van der Waals surface area contributed by atoms with Crippen LogP contribution in [0.15, 0.2) is 60.4 Å². The van der Waals surface area contributed by atoms with E-state index in [0.29, 0.717) is 44.7 Å². The first-order valence-electron chi connectivity index (χ1n) is 11.0. The molecular weight excluding hydrogens is 420 g/mol. The van der Waals surface area contributed by atoms with Crippen molar-refractivity contribution in [2.75, 3.05) is 26.2 Å². The molecular formula is C25H28N4O2S. The number of amides is 2. The molecule has 0 aliphatic carbocycles. The quantitative estimate of drug-likeness (QED) is 0.545. The summed E-state index contributed by atoms with van der Waals surface area (Å²) in [5, 5.41) is 2.07. The zero-order valence-corrected chi connectivity index (χ0v) is 19.3. The summed E-state index contributed by atoms with van der Waals surface area (Å²) < 4.78 is 0. The van der Waals surface area contributed by atoms with Gasteiger partial charge in [0.1, 0.15) is 5.69 Å². The molecule has 7 heteroatoms. The Morgan fingerprint density at radius 3 is 2.62 bits per heavy atom. The molecule has 1 aliphatic heterocycles. The van der Waals surface area contributed by atoms with Gasteiger partial charge in [-0.2, -0.15) is 0 Å². The minimum absolute atomic E-state index is 0.123. The Labute approximate surface area is 192 Å². The van der Waals surface area contributed by atoms with Crippen LogP contribution in [0.25, 0.3) is 10.4 Å². The first-order valence-corrected chi connectivity index (χ1v) is 11.9. The van der Waals surface area contributed by atoms with E-state index in [2.05, 4.69) is 33.5 Å². The van der Waals surface area contributed by atoms with Crippen LogP contribution in [-0.4, -0.2) is 57.8 Å². The van der Waals surface area contributed by atoms with Gasteiger partial charge in [0.25, 0.3) is 5.91 Å². The van der Waals surface area contributed by atoms with Gasteiger partial charge in [-0.25, -0.2) is 4.98 Å². The molecule has 3 heterocycles. The molecule has 4 rings (SSSR count). The standard InChI is InChI=1S/C25H28N4O2S/c1-3-28(4-2)24(31)25(11-14-29(18-25)23(30)21-17-26-12-13-27-21)16-19-8-5-6-9-20(19)22-10-7-15-32-22/h5-10,12-13,15,17H,3-4,11,14,16,18H2,1-2H3/t25-/m1/s1. The number of hydrogen-bond donors (Lipinski definition) is 0. The molecule has 0 N–H and O–H groups in total. The van der Waals surface area contributed by atoms with Gasteiger partial charge in [-0.15, -0.1) is 11.3 Å². The van der Waals surface area contributed by atoms with E-state index in [-0.39, 0.29) is 11.8 Å². The van der Waals surface area contributed by atoms with Crippen molar-refractivity contribution in [1.82, 2.24) is 19.8 Å². The Hall–Kier alpha value is -3.06. The van der Waals surface area contributed by atoms with Gasteiger partial charge in [-0.1, -0.05) is 30.3 Å². The fourth-order valence-electron chi connectivity index (χ4n) is 4.57. The van der Waals surface area contributed by atoms with E-state index in [1.54, 1.807) is 22.4 Å². The highest BCUT2D eigenvalue weighted by molar-refractivity contribution is 7.13. The van der Waals surface area contributed by atoms with Crippen LogP contribution in [-0.2, 0) is 11.2 Å². The Morgan fingerprint density at radius 2 is 1.94 bits per heavy atom. The van der Waals surface area contributed by atoms with Crippen molar-refractivity contribution >= 4 is 23.2 Å². The lowest BCUT2D eigenvalue weighted by atomic mass is 9.78. The summed E-state index contributed by atoms with van der Waals surface area (Å²) >= 11 is 1.70. The van der Waals surface area contributed by atoms with E-state index in [1.807, 2.05) is 36.9 Å². The van der Waals surface area contributed by atoms with E-state index in [1.165, 1.54) is 17.3 Å². The van der Waals surface area contributed by atoms with Crippen molar-refractivity contribution in [3.05, 3.63) is 71.6 Å². The molecule has 166 valence electrons. The van der Waals surface area contributed by atoms with Crippen molar-refractivity contribution in [2.24, 2.45) is 5.41 Å². The summed E-state index contributed by atoms with van der Waals surface area (Å²) in [6.45, 7) is 6.24. The van der Waals surface area contributed by atoms with Gasteiger partial charge in [0.05, 0.1) is 11.6 Å². The second-order valence-electron chi connectivity index (χ2n) is 8.14. The first-order chi connectivity index (χ1) is 15.6. The van der Waals surface area contributed by atoms with Gasteiger partial charge in [0, 0.05) is 43.4 Å². The fourth-order valence-corrected chi connectivity index (χ4v) is 5.36. The van der Waals surface area contributed by atoms with Gasteiger partial charge in [-0.3, -0.25) is 14.6 Å². The van der Waals surface area contributed by atoms with Crippen LogP contribution in [0, 0.1) is 5.41 Å². The van der Waals surface area contributed by atoms with Gasteiger partial charge < -0.3 is 9.80 Å². The van der Waals surface area contributed by atoms with Crippen LogP contribution >= 0.6 is 11.3 Å². The van der Waals surface area contributed by atoms with Crippen LogP contribution in [0.2, 0.25) is 0 Å². The molecule has 6 nitrogen and oxygen atoms in total. The number of thiophene rings is 1. The van der Waals surface area contributed by atoms with Crippen LogP contribution < -0.4 is 0 Å². The number of hydrogen-bond acceptors (Lipinski definition) is 5. The lowest BCUT2D eigenvalue weighted by Crippen LogP contribution is -2.47. The molecule has 0 spiro atoms. The van der Waals surface area contributed by atoms with Crippen LogP contribution in [0.3, 0.4) is 0 Å². The molecule has 2 aromatic heterocycles. The number of nitrogens with zero attached hydrogens (tertiary/aromatic N) is 4. The van der Waals surface area contributed by atoms with E-state index >= 15 is 0 Å². The van der Waals surface area contributed by atoms with Crippen molar-refractivity contribution in [3.63, 3.8) is 0 Å². The van der Waals surface area contributed by atoms with Gasteiger partial charge in [0.15, 0.2) is 0 Å². The number of likely N-dealkylation sites (tertiary alicyclic amines) is 1. The maximum Gasteiger partial charge on any atom is 0.274 e. The third-order valence-corrected chi connectivity index (χ3v) is 7.16. The van der Waals surface area contributed by atoms with Crippen LogP contribution in [0.5, 0.6) is 0 Å². The number of rotatable bonds is 7. The van der Waals surface area contributed by atoms with Gasteiger partial charge in [-0.05, 0) is 49.3 Å². The minimum atomic E-state index is -0.656. The van der Waals surface area contributed by atoms with Crippen molar-refractivity contribution < 1.29 is 9.59 Å². The lowest BCUT2D eigenvalue weighted by Gasteiger charge is -2.34. The normalized spacial score (nSPS) is 18.0. The lowest BCUT2D eigenvalue weighted by molar-refractivity contribution is -0.141. The Morgan fingerprint density at radius 1 is 1.12 bits per heavy atom.